The molecule has 154 valence electrons. The number of anilines is 1. The number of aromatic amines is 1. The van der Waals surface area contributed by atoms with Gasteiger partial charge in [-0.05, 0) is 24.3 Å². The van der Waals surface area contributed by atoms with E-state index < -0.39 is 49.8 Å². The molecule has 0 aliphatic rings. The quantitative estimate of drug-likeness (QED) is 0.506. The summed E-state index contributed by atoms with van der Waals surface area (Å²) in [5, 5.41) is -0.207. The van der Waals surface area contributed by atoms with Crippen LogP contribution in [0.2, 0.25) is 5.02 Å². The van der Waals surface area contributed by atoms with E-state index in [4.69, 9.17) is 11.6 Å². The Kier molecular flexibility index (Phi) is 5.30. The number of H-pyrrole nitrogens is 1. The number of rotatable bonds is 4. The summed E-state index contributed by atoms with van der Waals surface area (Å²) >= 11 is 5.67. The van der Waals surface area contributed by atoms with Gasteiger partial charge in [0.25, 0.3) is 10.0 Å². The lowest BCUT2D eigenvalue weighted by molar-refractivity contribution is -0.140. The molecule has 3 aromatic rings. The lowest BCUT2D eigenvalue weighted by Crippen LogP contribution is -2.15. The van der Waals surface area contributed by atoms with E-state index in [9.17, 15) is 34.8 Å². The second kappa shape index (κ2) is 7.30. The molecule has 1 aromatic heterocycles. The standard InChI is InChI=1S/C17H9ClF6N2O2S/c18-11-3-1-2-9(16(11)21)14-4-8(7-25-14)29(27,28)26-15-6-12(19)10(5-13(15)20)17(22,23)24/h1-7,25-26H. The molecule has 0 saturated heterocycles. The Balaban J connectivity index is 1.95. The third-order valence-electron chi connectivity index (χ3n) is 3.82. The van der Waals surface area contributed by atoms with Gasteiger partial charge in [0.2, 0.25) is 0 Å². The topological polar surface area (TPSA) is 62.0 Å². The van der Waals surface area contributed by atoms with Crippen molar-refractivity contribution in [2.24, 2.45) is 0 Å². The molecule has 2 aromatic carbocycles. The van der Waals surface area contributed by atoms with Gasteiger partial charge >= 0.3 is 6.18 Å². The zero-order valence-electron chi connectivity index (χ0n) is 13.9. The summed E-state index contributed by atoms with van der Waals surface area (Å²) in [6.07, 6.45) is -4.21. The molecule has 0 spiro atoms. The van der Waals surface area contributed by atoms with Gasteiger partial charge in [-0.25, -0.2) is 21.6 Å². The maximum absolute atomic E-state index is 14.1. The van der Waals surface area contributed by atoms with Crippen molar-refractivity contribution in [3.63, 3.8) is 0 Å². The van der Waals surface area contributed by atoms with Crippen LogP contribution >= 0.6 is 11.6 Å². The van der Waals surface area contributed by atoms with Gasteiger partial charge in [-0.2, -0.15) is 13.2 Å². The highest BCUT2D eigenvalue weighted by Gasteiger charge is 2.35. The van der Waals surface area contributed by atoms with Crippen molar-refractivity contribution in [3.8, 4) is 11.3 Å². The van der Waals surface area contributed by atoms with Crippen LogP contribution in [0.1, 0.15) is 5.56 Å². The number of sulfonamides is 1. The second-order valence-electron chi connectivity index (χ2n) is 5.77. The highest BCUT2D eigenvalue weighted by molar-refractivity contribution is 7.92. The third kappa shape index (κ3) is 4.20. The van der Waals surface area contributed by atoms with Crippen molar-refractivity contribution < 1.29 is 34.8 Å². The molecule has 4 nitrogen and oxygen atoms in total. The predicted octanol–water partition coefficient (Wildman–Crippen LogP) is 5.57. The Bertz CT molecular complexity index is 1190. The molecular formula is C17H9ClF6N2O2S. The SMILES string of the molecule is O=S(=O)(Nc1cc(F)c(C(F)(F)F)cc1F)c1c[nH]c(-c2cccc(Cl)c2F)c1. The Hall–Kier alpha value is -2.66. The van der Waals surface area contributed by atoms with E-state index in [2.05, 4.69) is 4.98 Å². The number of hydrogen-bond donors (Lipinski definition) is 2. The molecule has 0 bridgehead atoms. The largest absolute Gasteiger partial charge is 0.419 e. The predicted molar refractivity (Wildman–Crippen MR) is 93.4 cm³/mol. The molecule has 0 aliphatic carbocycles. The first kappa shape index (κ1) is 21.1. The summed E-state index contributed by atoms with van der Waals surface area (Å²) in [7, 11) is -4.54. The average molecular weight is 455 g/mol. The highest BCUT2D eigenvalue weighted by Crippen LogP contribution is 2.34. The van der Waals surface area contributed by atoms with Crippen LogP contribution in [0.3, 0.4) is 0 Å². The maximum atomic E-state index is 14.1. The first-order chi connectivity index (χ1) is 13.4. The summed E-state index contributed by atoms with van der Waals surface area (Å²) in [4.78, 5) is 2.01. The van der Waals surface area contributed by atoms with E-state index in [1.54, 1.807) is 4.72 Å². The fraction of sp³-hybridized carbons (Fsp3) is 0.0588. The molecule has 1 heterocycles. The third-order valence-corrected chi connectivity index (χ3v) is 5.45. The monoisotopic (exact) mass is 454 g/mol. The van der Waals surface area contributed by atoms with E-state index in [0.717, 1.165) is 12.3 Å². The molecule has 29 heavy (non-hydrogen) atoms. The van der Waals surface area contributed by atoms with Crippen LogP contribution < -0.4 is 4.72 Å². The number of benzene rings is 2. The Morgan fingerprint density at radius 3 is 2.34 bits per heavy atom. The highest BCUT2D eigenvalue weighted by atomic mass is 35.5. The Labute approximate surface area is 165 Å². The normalized spacial score (nSPS) is 12.2. The van der Waals surface area contributed by atoms with E-state index in [1.807, 2.05) is 0 Å². The van der Waals surface area contributed by atoms with Gasteiger partial charge in [0, 0.05) is 23.5 Å². The molecule has 0 fully saturated rings. The molecule has 0 unspecified atom stereocenters. The second-order valence-corrected chi connectivity index (χ2v) is 7.86. The van der Waals surface area contributed by atoms with Gasteiger partial charge in [0.15, 0.2) is 5.82 Å². The zero-order chi connectivity index (χ0) is 21.6. The van der Waals surface area contributed by atoms with E-state index in [0.29, 0.717) is 0 Å². The summed E-state index contributed by atoms with van der Waals surface area (Å²) in [5.41, 5.74) is -2.93. The van der Waals surface area contributed by atoms with E-state index in [-0.39, 0.29) is 28.4 Å². The Morgan fingerprint density at radius 2 is 1.69 bits per heavy atom. The molecule has 12 heteroatoms. The summed E-state index contributed by atoms with van der Waals surface area (Å²) in [6, 6.07) is 4.95. The first-order valence-corrected chi connectivity index (χ1v) is 9.48. The van der Waals surface area contributed by atoms with Crippen LogP contribution in [-0.4, -0.2) is 13.4 Å². The average Bonchev–Trinajstić information content (AvgIpc) is 3.10. The molecule has 3 rings (SSSR count). The van der Waals surface area contributed by atoms with Crippen molar-refractivity contribution in [2.45, 2.75) is 11.1 Å². The zero-order valence-corrected chi connectivity index (χ0v) is 15.5. The number of aromatic nitrogens is 1. The van der Waals surface area contributed by atoms with Crippen LogP contribution in [-0.2, 0) is 16.2 Å². The van der Waals surface area contributed by atoms with Gasteiger partial charge in [0.1, 0.15) is 16.5 Å². The molecular weight excluding hydrogens is 446 g/mol. The minimum absolute atomic E-state index is 0.0180. The van der Waals surface area contributed by atoms with Gasteiger partial charge in [-0.3, -0.25) is 4.72 Å². The lowest BCUT2D eigenvalue weighted by atomic mass is 10.1. The van der Waals surface area contributed by atoms with Crippen LogP contribution in [0.5, 0.6) is 0 Å². The van der Waals surface area contributed by atoms with E-state index >= 15 is 0 Å². The van der Waals surface area contributed by atoms with Crippen molar-refractivity contribution in [1.29, 1.82) is 0 Å². The summed E-state index contributed by atoms with van der Waals surface area (Å²) < 4.78 is 106. The fourth-order valence-corrected chi connectivity index (χ4v) is 3.67. The lowest BCUT2D eigenvalue weighted by Gasteiger charge is -2.12. The summed E-state index contributed by atoms with van der Waals surface area (Å²) in [5.74, 6) is -4.30. The van der Waals surface area contributed by atoms with Gasteiger partial charge in [0.05, 0.1) is 16.3 Å². The number of nitrogens with one attached hydrogen (secondary N) is 2. The molecule has 2 N–H and O–H groups in total. The maximum Gasteiger partial charge on any atom is 0.419 e. The smallest absolute Gasteiger partial charge is 0.360 e. The van der Waals surface area contributed by atoms with Crippen molar-refractivity contribution in [1.82, 2.24) is 4.98 Å². The Morgan fingerprint density at radius 1 is 1.00 bits per heavy atom. The van der Waals surface area contributed by atoms with Gasteiger partial charge < -0.3 is 4.98 Å². The number of alkyl halides is 3. The van der Waals surface area contributed by atoms with Crippen molar-refractivity contribution in [3.05, 3.63) is 70.6 Å². The van der Waals surface area contributed by atoms with Crippen LogP contribution in [0.25, 0.3) is 11.3 Å². The first-order valence-electron chi connectivity index (χ1n) is 7.62. The van der Waals surface area contributed by atoms with Crippen molar-refractivity contribution in [2.75, 3.05) is 4.72 Å². The molecule has 0 radical (unpaired) electrons. The fourth-order valence-electron chi connectivity index (χ4n) is 2.44. The van der Waals surface area contributed by atoms with Gasteiger partial charge in [-0.15, -0.1) is 0 Å². The molecule has 0 saturated carbocycles. The van der Waals surface area contributed by atoms with E-state index in [1.165, 1.54) is 18.2 Å². The molecule has 0 atom stereocenters. The minimum Gasteiger partial charge on any atom is -0.360 e. The van der Waals surface area contributed by atoms with Crippen LogP contribution in [0, 0.1) is 17.5 Å². The molecule has 0 aliphatic heterocycles. The van der Waals surface area contributed by atoms with Crippen LogP contribution in [0.4, 0.5) is 32.0 Å². The van der Waals surface area contributed by atoms with Gasteiger partial charge in [-0.1, -0.05) is 17.7 Å². The molecule has 0 amide bonds. The van der Waals surface area contributed by atoms with Crippen molar-refractivity contribution >= 4 is 27.3 Å². The number of hydrogen-bond acceptors (Lipinski definition) is 2. The number of halogens is 7. The van der Waals surface area contributed by atoms with Crippen LogP contribution in [0.15, 0.2) is 47.5 Å². The minimum atomic E-state index is -5.15. The summed E-state index contributed by atoms with van der Waals surface area (Å²) in [6.45, 7) is 0.